The number of carbonyl (C=O) groups is 1. The van der Waals surface area contributed by atoms with E-state index >= 15 is 0 Å². The molecule has 1 aliphatic heterocycles. The van der Waals surface area contributed by atoms with Gasteiger partial charge in [0.05, 0.1) is 0 Å². The molecule has 0 aromatic rings. The van der Waals surface area contributed by atoms with Crippen molar-refractivity contribution in [3.63, 3.8) is 0 Å². The number of unbranched alkanes of at least 4 members (excludes halogenated alkanes) is 1. The first-order chi connectivity index (χ1) is 7.90. The Labute approximate surface area is 105 Å². The van der Waals surface area contributed by atoms with Gasteiger partial charge in [0, 0.05) is 13.1 Å². The van der Waals surface area contributed by atoms with Crippen molar-refractivity contribution in [2.75, 3.05) is 13.1 Å². The van der Waals surface area contributed by atoms with Gasteiger partial charge in [-0.1, -0.05) is 19.8 Å². The second-order valence-corrected chi connectivity index (χ2v) is 5.86. The molecule has 1 amide bonds. The highest BCUT2D eigenvalue weighted by atomic mass is 16.6. The van der Waals surface area contributed by atoms with Gasteiger partial charge in [-0.2, -0.15) is 0 Å². The van der Waals surface area contributed by atoms with Gasteiger partial charge in [-0.05, 0) is 39.5 Å². The second kappa shape index (κ2) is 6.24. The molecule has 1 unspecified atom stereocenters. The van der Waals surface area contributed by atoms with Crippen LogP contribution >= 0.6 is 0 Å². The minimum Gasteiger partial charge on any atom is -0.443 e. The quantitative estimate of drug-likeness (QED) is 0.824. The van der Waals surface area contributed by atoms with E-state index in [9.17, 15) is 4.79 Å². The highest BCUT2D eigenvalue weighted by Gasteiger charge is 2.25. The molecule has 1 atom stereocenters. The third kappa shape index (κ3) is 5.91. The number of amides is 1. The number of hydrazine groups is 1. The molecule has 1 N–H and O–H groups in total. The minimum absolute atomic E-state index is 0.339. The largest absolute Gasteiger partial charge is 0.443 e. The molecule has 4 heteroatoms. The molecule has 1 saturated heterocycles. The normalized spacial score (nSPS) is 21.5. The molecule has 1 rings (SSSR count). The molecule has 0 aromatic carbocycles. The Morgan fingerprint density at radius 1 is 1.47 bits per heavy atom. The average Bonchev–Trinajstić information content (AvgIpc) is 2.59. The molecule has 1 aliphatic rings. The van der Waals surface area contributed by atoms with Crippen LogP contribution in [0, 0.1) is 5.92 Å². The van der Waals surface area contributed by atoms with Crippen LogP contribution < -0.4 is 5.43 Å². The van der Waals surface area contributed by atoms with Crippen LogP contribution in [0.5, 0.6) is 0 Å². The fourth-order valence-electron chi connectivity index (χ4n) is 2.09. The van der Waals surface area contributed by atoms with E-state index in [2.05, 4.69) is 12.3 Å². The van der Waals surface area contributed by atoms with Crippen molar-refractivity contribution in [3.05, 3.63) is 0 Å². The zero-order valence-electron chi connectivity index (χ0n) is 11.6. The van der Waals surface area contributed by atoms with Crippen molar-refractivity contribution in [2.24, 2.45) is 5.92 Å². The van der Waals surface area contributed by atoms with Crippen LogP contribution in [0.3, 0.4) is 0 Å². The Bertz CT molecular complexity index is 248. The molecule has 1 fully saturated rings. The number of hydrogen-bond donors (Lipinski definition) is 1. The molecule has 0 spiro atoms. The van der Waals surface area contributed by atoms with E-state index in [0.29, 0.717) is 0 Å². The average molecular weight is 242 g/mol. The molecular formula is C13H26N2O2. The van der Waals surface area contributed by atoms with Gasteiger partial charge in [0.2, 0.25) is 0 Å². The summed E-state index contributed by atoms with van der Waals surface area (Å²) >= 11 is 0. The number of rotatable bonds is 4. The monoisotopic (exact) mass is 242 g/mol. The van der Waals surface area contributed by atoms with Gasteiger partial charge >= 0.3 is 6.09 Å². The van der Waals surface area contributed by atoms with E-state index in [0.717, 1.165) is 19.0 Å². The topological polar surface area (TPSA) is 41.6 Å². The van der Waals surface area contributed by atoms with Crippen LogP contribution in [0.4, 0.5) is 4.79 Å². The van der Waals surface area contributed by atoms with Crippen LogP contribution in [-0.2, 0) is 4.74 Å². The van der Waals surface area contributed by atoms with E-state index in [-0.39, 0.29) is 6.09 Å². The van der Waals surface area contributed by atoms with Gasteiger partial charge in [0.1, 0.15) is 5.60 Å². The lowest BCUT2D eigenvalue weighted by Crippen LogP contribution is -2.43. The summed E-state index contributed by atoms with van der Waals surface area (Å²) in [6.45, 7) is 9.74. The Morgan fingerprint density at radius 3 is 2.76 bits per heavy atom. The van der Waals surface area contributed by atoms with Gasteiger partial charge in [0.25, 0.3) is 0 Å². The van der Waals surface area contributed by atoms with Crippen molar-refractivity contribution in [2.45, 2.75) is 59.0 Å². The summed E-state index contributed by atoms with van der Waals surface area (Å²) in [6.07, 6.45) is 4.63. The van der Waals surface area contributed by atoms with Crippen molar-refractivity contribution in [3.8, 4) is 0 Å². The van der Waals surface area contributed by atoms with Crippen LogP contribution in [-0.4, -0.2) is 29.8 Å². The van der Waals surface area contributed by atoms with Crippen molar-refractivity contribution in [1.29, 1.82) is 0 Å². The molecule has 4 nitrogen and oxygen atoms in total. The Balaban J connectivity index is 2.23. The molecule has 17 heavy (non-hydrogen) atoms. The molecular weight excluding hydrogens is 216 g/mol. The first-order valence-electron chi connectivity index (χ1n) is 6.65. The molecule has 0 aromatic heterocycles. The zero-order valence-corrected chi connectivity index (χ0v) is 11.6. The molecule has 1 heterocycles. The fourth-order valence-corrected chi connectivity index (χ4v) is 2.09. The van der Waals surface area contributed by atoms with Crippen LogP contribution in [0.1, 0.15) is 53.4 Å². The number of ether oxygens (including phenoxy) is 1. The lowest BCUT2D eigenvalue weighted by Gasteiger charge is -2.23. The van der Waals surface area contributed by atoms with E-state index in [1.54, 1.807) is 0 Å². The number of nitrogens with zero attached hydrogens (tertiary/aromatic N) is 1. The minimum atomic E-state index is -0.425. The summed E-state index contributed by atoms with van der Waals surface area (Å²) in [7, 11) is 0. The highest BCUT2D eigenvalue weighted by molar-refractivity contribution is 5.67. The molecule has 0 aliphatic carbocycles. The Kier molecular flexibility index (Phi) is 5.25. The van der Waals surface area contributed by atoms with Crippen LogP contribution in [0.15, 0.2) is 0 Å². The van der Waals surface area contributed by atoms with Gasteiger partial charge in [-0.3, -0.25) is 5.43 Å². The molecule has 0 radical (unpaired) electrons. The third-order valence-electron chi connectivity index (χ3n) is 2.90. The van der Waals surface area contributed by atoms with Crippen molar-refractivity contribution in [1.82, 2.24) is 10.4 Å². The Hall–Kier alpha value is -0.770. The van der Waals surface area contributed by atoms with Crippen LogP contribution in [0.2, 0.25) is 0 Å². The second-order valence-electron chi connectivity index (χ2n) is 5.86. The SMILES string of the molecule is CCCCC1CCN(NC(=O)OC(C)(C)C)C1. The maximum atomic E-state index is 11.6. The summed E-state index contributed by atoms with van der Waals surface area (Å²) in [5.74, 6) is 0.727. The molecule has 0 bridgehead atoms. The van der Waals surface area contributed by atoms with Gasteiger partial charge < -0.3 is 4.74 Å². The summed E-state index contributed by atoms with van der Waals surface area (Å²) < 4.78 is 5.22. The Morgan fingerprint density at radius 2 is 2.18 bits per heavy atom. The van der Waals surface area contributed by atoms with Crippen molar-refractivity contribution < 1.29 is 9.53 Å². The lowest BCUT2D eigenvalue weighted by molar-refractivity contribution is 0.0360. The van der Waals surface area contributed by atoms with Gasteiger partial charge in [0.15, 0.2) is 0 Å². The van der Waals surface area contributed by atoms with E-state index in [1.165, 1.54) is 25.7 Å². The van der Waals surface area contributed by atoms with Gasteiger partial charge in [-0.25, -0.2) is 9.80 Å². The first kappa shape index (κ1) is 14.3. The maximum absolute atomic E-state index is 11.6. The molecule has 100 valence electrons. The summed E-state index contributed by atoms with van der Waals surface area (Å²) in [5.41, 5.74) is 2.39. The summed E-state index contributed by atoms with van der Waals surface area (Å²) in [5, 5.41) is 1.98. The maximum Gasteiger partial charge on any atom is 0.422 e. The predicted octanol–water partition coefficient (Wildman–Crippen LogP) is 2.94. The standard InChI is InChI=1S/C13H26N2O2/c1-5-6-7-11-8-9-15(10-11)14-12(16)17-13(2,3)4/h11H,5-10H2,1-4H3,(H,14,16). The molecule has 0 saturated carbocycles. The number of hydrogen-bond acceptors (Lipinski definition) is 3. The smallest absolute Gasteiger partial charge is 0.422 e. The zero-order chi connectivity index (χ0) is 12.9. The van der Waals surface area contributed by atoms with E-state index < -0.39 is 5.60 Å². The van der Waals surface area contributed by atoms with Crippen molar-refractivity contribution >= 4 is 6.09 Å². The van der Waals surface area contributed by atoms with E-state index in [4.69, 9.17) is 4.74 Å². The fraction of sp³-hybridized carbons (Fsp3) is 0.923. The summed E-state index contributed by atoms with van der Waals surface area (Å²) in [4.78, 5) is 11.6. The first-order valence-corrected chi connectivity index (χ1v) is 6.65. The number of carbonyl (C=O) groups excluding carboxylic acids is 1. The number of nitrogens with one attached hydrogen (secondary N) is 1. The van der Waals surface area contributed by atoms with Gasteiger partial charge in [-0.15, -0.1) is 0 Å². The lowest BCUT2D eigenvalue weighted by atomic mass is 10.0. The van der Waals surface area contributed by atoms with Crippen LogP contribution in [0.25, 0.3) is 0 Å². The third-order valence-corrected chi connectivity index (χ3v) is 2.90. The highest BCUT2D eigenvalue weighted by Crippen LogP contribution is 2.20. The van der Waals surface area contributed by atoms with E-state index in [1.807, 2.05) is 25.8 Å². The predicted molar refractivity (Wildman–Crippen MR) is 68.6 cm³/mol. The summed E-state index contributed by atoms with van der Waals surface area (Å²) in [6, 6.07) is 0.